The molecule has 60 valence electrons. The molecule has 0 aromatic heterocycles. The van der Waals surface area contributed by atoms with Crippen LogP contribution in [0, 0.1) is 0 Å². The quantitative estimate of drug-likeness (QED) is 0.406. The third-order valence-electron chi connectivity index (χ3n) is 1.30. The van der Waals surface area contributed by atoms with Crippen LogP contribution in [0.1, 0.15) is 19.8 Å². The number of hydrogen-bond donors (Lipinski definition) is 2. The molecule has 3 nitrogen and oxygen atoms in total. The van der Waals surface area contributed by atoms with Crippen LogP contribution in [-0.2, 0) is 4.79 Å². The molecule has 0 aliphatic carbocycles. The summed E-state index contributed by atoms with van der Waals surface area (Å²) in [5, 5.41) is 11.4. The van der Waals surface area contributed by atoms with Crippen molar-refractivity contribution in [1.29, 1.82) is 0 Å². The lowest BCUT2D eigenvalue weighted by Gasteiger charge is -2.07. The molecule has 1 atom stereocenters. The maximum absolute atomic E-state index is 10.1. The molecule has 0 aromatic rings. The molecule has 0 aliphatic heterocycles. The highest BCUT2D eigenvalue weighted by Crippen LogP contribution is 1.83. The highest BCUT2D eigenvalue weighted by Gasteiger charge is 2.01. The van der Waals surface area contributed by atoms with Crippen LogP contribution in [0.25, 0.3) is 0 Å². The van der Waals surface area contributed by atoms with E-state index in [-0.39, 0.29) is 12.6 Å². The van der Waals surface area contributed by atoms with Gasteiger partial charge in [-0.25, -0.2) is 0 Å². The van der Waals surface area contributed by atoms with Gasteiger partial charge in [-0.05, 0) is 13.0 Å². The van der Waals surface area contributed by atoms with E-state index < -0.39 is 0 Å². The van der Waals surface area contributed by atoms with Gasteiger partial charge in [-0.1, -0.05) is 13.3 Å². The Hall–Kier alpha value is -0.410. The average molecular weight is 145 g/mol. The van der Waals surface area contributed by atoms with Crippen LogP contribution in [0.2, 0.25) is 0 Å². The lowest BCUT2D eigenvalue weighted by Crippen LogP contribution is -2.34. The van der Waals surface area contributed by atoms with Gasteiger partial charge in [-0.15, -0.1) is 0 Å². The van der Waals surface area contributed by atoms with Gasteiger partial charge in [-0.3, -0.25) is 0 Å². The summed E-state index contributed by atoms with van der Waals surface area (Å²) in [7, 11) is 0. The minimum absolute atomic E-state index is 0.104. The summed E-state index contributed by atoms with van der Waals surface area (Å²) >= 11 is 0. The zero-order chi connectivity index (χ0) is 7.82. The predicted molar refractivity (Wildman–Crippen MR) is 39.8 cm³/mol. The summed E-state index contributed by atoms with van der Waals surface area (Å²) < 4.78 is 0. The van der Waals surface area contributed by atoms with Crippen LogP contribution >= 0.6 is 0 Å². The van der Waals surface area contributed by atoms with Gasteiger partial charge in [0, 0.05) is 0 Å². The first-order valence-corrected chi connectivity index (χ1v) is 3.64. The van der Waals surface area contributed by atoms with E-state index in [1.807, 2.05) is 0 Å². The van der Waals surface area contributed by atoms with E-state index in [1.54, 1.807) is 0 Å². The van der Waals surface area contributed by atoms with Gasteiger partial charge in [0.2, 0.25) is 0 Å². The number of aliphatic hydroxyl groups excluding tert-OH is 1. The van der Waals surface area contributed by atoms with Crippen molar-refractivity contribution in [2.24, 2.45) is 0 Å². The highest BCUT2D eigenvalue weighted by molar-refractivity contribution is 5.57. The molecule has 0 fully saturated rings. The van der Waals surface area contributed by atoms with Crippen molar-refractivity contribution in [3.63, 3.8) is 0 Å². The number of aliphatic hydroxyl groups is 1. The summed E-state index contributed by atoms with van der Waals surface area (Å²) in [6, 6.07) is -0.369. The molecule has 0 saturated heterocycles. The molecule has 0 aromatic carbocycles. The maximum atomic E-state index is 10.1. The Morgan fingerprint density at radius 2 is 2.40 bits per heavy atom. The lowest BCUT2D eigenvalue weighted by molar-refractivity contribution is -0.110. The Bertz CT molecular complexity index is 85.7. The third kappa shape index (κ3) is 4.47. The van der Waals surface area contributed by atoms with Gasteiger partial charge in [0.15, 0.2) is 0 Å². The maximum Gasteiger partial charge on any atom is 0.139 e. The molecule has 0 heterocycles. The minimum atomic E-state index is -0.369. The van der Waals surface area contributed by atoms with Crippen molar-refractivity contribution < 1.29 is 9.90 Å². The number of carbonyl (C=O) groups is 1. The molecule has 10 heavy (non-hydrogen) atoms. The first-order valence-electron chi connectivity index (χ1n) is 3.64. The van der Waals surface area contributed by atoms with E-state index >= 15 is 0 Å². The van der Waals surface area contributed by atoms with E-state index in [0.29, 0.717) is 0 Å². The predicted octanol–water partition coefficient (Wildman–Crippen LogP) is -0.0641. The summed E-state index contributed by atoms with van der Waals surface area (Å²) in [5.74, 6) is 0. The summed E-state index contributed by atoms with van der Waals surface area (Å²) in [4.78, 5) is 10.1. The molecule has 2 N–H and O–H groups in total. The molecule has 0 amide bonds. The minimum Gasteiger partial charge on any atom is -0.394 e. The van der Waals surface area contributed by atoms with E-state index in [4.69, 9.17) is 5.11 Å². The van der Waals surface area contributed by atoms with Crippen molar-refractivity contribution in [3.05, 3.63) is 0 Å². The van der Waals surface area contributed by atoms with Crippen LogP contribution in [-0.4, -0.2) is 30.6 Å². The van der Waals surface area contributed by atoms with Crippen LogP contribution in [0.15, 0.2) is 0 Å². The van der Waals surface area contributed by atoms with Crippen molar-refractivity contribution >= 4 is 6.29 Å². The SMILES string of the molecule is CCCCN[C@H](C=O)CO. The highest BCUT2D eigenvalue weighted by atomic mass is 16.3. The molecule has 0 saturated carbocycles. The Morgan fingerprint density at radius 1 is 1.70 bits per heavy atom. The topological polar surface area (TPSA) is 49.3 Å². The standard InChI is InChI=1S/C7H15NO2/c1-2-3-4-8-7(5-9)6-10/h5,7-8,10H,2-4,6H2,1H3/t7-/m1/s1. The Labute approximate surface area is 61.4 Å². The fraction of sp³-hybridized carbons (Fsp3) is 0.857. The second-order valence-electron chi connectivity index (χ2n) is 2.23. The number of unbranched alkanes of at least 4 members (excludes halogenated alkanes) is 1. The first-order chi connectivity index (χ1) is 4.85. The molecule has 3 heteroatoms. The monoisotopic (exact) mass is 145 g/mol. The van der Waals surface area contributed by atoms with E-state index in [1.165, 1.54) is 0 Å². The van der Waals surface area contributed by atoms with Crippen LogP contribution in [0.3, 0.4) is 0 Å². The Morgan fingerprint density at radius 3 is 2.80 bits per heavy atom. The van der Waals surface area contributed by atoms with Crippen LogP contribution in [0.4, 0.5) is 0 Å². The Balaban J connectivity index is 3.17. The van der Waals surface area contributed by atoms with Gasteiger partial charge in [0.25, 0.3) is 0 Å². The number of carbonyl (C=O) groups excluding carboxylic acids is 1. The molecule has 0 aliphatic rings. The van der Waals surface area contributed by atoms with E-state index in [0.717, 1.165) is 25.7 Å². The van der Waals surface area contributed by atoms with Gasteiger partial charge in [-0.2, -0.15) is 0 Å². The molecular weight excluding hydrogens is 130 g/mol. The van der Waals surface area contributed by atoms with Gasteiger partial charge in [0.05, 0.1) is 12.6 Å². The van der Waals surface area contributed by atoms with Crippen molar-refractivity contribution in [1.82, 2.24) is 5.32 Å². The molecule has 0 radical (unpaired) electrons. The van der Waals surface area contributed by atoms with Gasteiger partial charge in [0.1, 0.15) is 6.29 Å². The number of hydrogen-bond acceptors (Lipinski definition) is 3. The third-order valence-corrected chi connectivity index (χ3v) is 1.30. The molecular formula is C7H15NO2. The molecule has 0 bridgehead atoms. The summed E-state index contributed by atoms with van der Waals surface area (Å²) in [6.07, 6.45) is 2.88. The number of rotatable bonds is 6. The molecule has 0 spiro atoms. The fourth-order valence-electron chi connectivity index (χ4n) is 0.620. The van der Waals surface area contributed by atoms with Crippen LogP contribution in [0.5, 0.6) is 0 Å². The van der Waals surface area contributed by atoms with Crippen LogP contribution < -0.4 is 5.32 Å². The van der Waals surface area contributed by atoms with E-state index in [2.05, 4.69) is 12.2 Å². The van der Waals surface area contributed by atoms with Crippen molar-refractivity contribution in [2.45, 2.75) is 25.8 Å². The lowest BCUT2D eigenvalue weighted by atomic mass is 10.3. The largest absolute Gasteiger partial charge is 0.394 e. The molecule has 0 unspecified atom stereocenters. The van der Waals surface area contributed by atoms with Gasteiger partial charge >= 0.3 is 0 Å². The van der Waals surface area contributed by atoms with Crippen molar-refractivity contribution in [3.8, 4) is 0 Å². The fourth-order valence-corrected chi connectivity index (χ4v) is 0.620. The summed E-state index contributed by atoms with van der Waals surface area (Å²) in [6.45, 7) is 2.78. The molecule has 0 rings (SSSR count). The van der Waals surface area contributed by atoms with Gasteiger partial charge < -0.3 is 15.2 Å². The zero-order valence-electron chi connectivity index (χ0n) is 6.34. The normalized spacial score (nSPS) is 13.0. The zero-order valence-corrected chi connectivity index (χ0v) is 6.34. The second-order valence-corrected chi connectivity index (χ2v) is 2.23. The number of nitrogens with one attached hydrogen (secondary N) is 1. The van der Waals surface area contributed by atoms with E-state index in [9.17, 15) is 4.79 Å². The summed E-state index contributed by atoms with van der Waals surface area (Å²) in [5.41, 5.74) is 0. The average Bonchev–Trinajstić information content (AvgIpc) is 1.99. The number of aldehydes is 1. The Kier molecular flexibility index (Phi) is 6.43. The smallest absolute Gasteiger partial charge is 0.139 e. The first kappa shape index (κ1) is 9.59. The van der Waals surface area contributed by atoms with Crippen molar-refractivity contribution in [2.75, 3.05) is 13.2 Å². The second kappa shape index (κ2) is 6.71.